The van der Waals surface area contributed by atoms with Gasteiger partial charge in [-0.15, -0.1) is 11.3 Å². The monoisotopic (exact) mass is 385 g/mol. The number of nitrogens with zero attached hydrogens (tertiary/aromatic N) is 1. The Morgan fingerprint density at radius 3 is 2.65 bits per heavy atom. The van der Waals surface area contributed by atoms with Gasteiger partial charge in [-0.25, -0.2) is 9.78 Å². The molecule has 3 N–H and O–H groups in total. The average Bonchev–Trinajstić information content (AvgIpc) is 3.02. The molecule has 148 valence electrons. The Balaban J connectivity index is 2.57. The maximum atomic E-state index is 12.2. The van der Waals surface area contributed by atoms with Crippen LogP contribution in [0.15, 0.2) is 6.20 Å². The molecule has 26 heavy (non-hydrogen) atoms. The molecular weight excluding hydrogens is 354 g/mol. The number of thiazole rings is 1. The molecule has 2 atom stereocenters. The molecule has 2 amide bonds. The van der Waals surface area contributed by atoms with Crippen molar-refractivity contribution in [3.05, 3.63) is 11.1 Å². The Kier molecular flexibility index (Phi) is 9.01. The molecule has 0 aliphatic heterocycles. The van der Waals surface area contributed by atoms with Crippen molar-refractivity contribution < 1.29 is 19.4 Å². The molecule has 0 saturated heterocycles. The van der Waals surface area contributed by atoms with Gasteiger partial charge in [0.2, 0.25) is 5.91 Å². The number of nitrogens with one attached hydrogen (secondary N) is 2. The first-order valence-corrected chi connectivity index (χ1v) is 9.81. The molecule has 1 aromatic rings. The molecule has 1 rings (SSSR count). The summed E-state index contributed by atoms with van der Waals surface area (Å²) in [5.41, 5.74) is -0.113. The van der Waals surface area contributed by atoms with Gasteiger partial charge in [0, 0.05) is 18.2 Å². The van der Waals surface area contributed by atoms with Crippen molar-refractivity contribution in [3.63, 3.8) is 0 Å². The van der Waals surface area contributed by atoms with Crippen LogP contribution in [0, 0.1) is 0 Å². The van der Waals surface area contributed by atoms with E-state index in [0.29, 0.717) is 23.9 Å². The zero-order valence-electron chi connectivity index (χ0n) is 16.3. The van der Waals surface area contributed by atoms with Gasteiger partial charge in [0.1, 0.15) is 6.04 Å². The molecule has 7 nitrogen and oxygen atoms in total. The number of hydrogen-bond donors (Lipinski definition) is 3. The third-order valence-corrected chi connectivity index (χ3v) is 5.54. The topological polar surface area (TPSA) is 101 Å². The molecule has 0 aliphatic rings. The first-order chi connectivity index (χ1) is 12.2. The van der Waals surface area contributed by atoms with Gasteiger partial charge in [-0.05, 0) is 45.4 Å². The standard InChI is InChI=1S/C18H31N3O4S/c1-6-8-13(20-17(23)24)15(22)21-16-19-11-14(26-16)12(2)9-7-10-18(3,4)25-5/h11-13,20H,6-10H2,1-5H3,(H,23,24)(H,19,21,22). The van der Waals surface area contributed by atoms with E-state index in [-0.39, 0.29) is 11.5 Å². The lowest BCUT2D eigenvalue weighted by Gasteiger charge is -2.23. The van der Waals surface area contributed by atoms with Gasteiger partial charge >= 0.3 is 6.09 Å². The zero-order chi connectivity index (χ0) is 19.7. The van der Waals surface area contributed by atoms with Crippen LogP contribution in [-0.4, -0.2) is 40.8 Å². The van der Waals surface area contributed by atoms with Crippen molar-refractivity contribution in [1.82, 2.24) is 10.3 Å². The number of rotatable bonds is 11. The highest BCUT2D eigenvalue weighted by atomic mass is 32.1. The van der Waals surface area contributed by atoms with E-state index in [2.05, 4.69) is 36.4 Å². The van der Waals surface area contributed by atoms with Crippen LogP contribution in [0.25, 0.3) is 0 Å². The number of ether oxygens (including phenoxy) is 1. The van der Waals surface area contributed by atoms with Gasteiger partial charge in [0.05, 0.1) is 5.60 Å². The lowest BCUT2D eigenvalue weighted by molar-refractivity contribution is -0.118. The van der Waals surface area contributed by atoms with Crippen LogP contribution in [0.3, 0.4) is 0 Å². The summed E-state index contributed by atoms with van der Waals surface area (Å²) in [7, 11) is 1.73. The van der Waals surface area contributed by atoms with Crippen LogP contribution in [0.4, 0.5) is 9.93 Å². The second-order valence-corrected chi connectivity index (χ2v) is 8.17. The molecule has 0 saturated carbocycles. The van der Waals surface area contributed by atoms with E-state index in [0.717, 1.165) is 24.1 Å². The van der Waals surface area contributed by atoms with Gasteiger partial charge < -0.3 is 20.5 Å². The van der Waals surface area contributed by atoms with Gasteiger partial charge in [-0.1, -0.05) is 20.3 Å². The molecule has 0 spiro atoms. The predicted octanol–water partition coefficient (Wildman–Crippen LogP) is 4.22. The summed E-state index contributed by atoms with van der Waals surface area (Å²) in [5, 5.41) is 14.3. The Morgan fingerprint density at radius 1 is 1.38 bits per heavy atom. The lowest BCUT2D eigenvalue weighted by atomic mass is 9.96. The smallest absolute Gasteiger partial charge is 0.405 e. The third-order valence-electron chi connectivity index (χ3n) is 4.40. The fourth-order valence-corrected chi connectivity index (χ4v) is 3.45. The van der Waals surface area contributed by atoms with Crippen molar-refractivity contribution >= 4 is 28.5 Å². The normalized spacial score (nSPS) is 13.9. The number of aromatic nitrogens is 1. The Hall–Kier alpha value is -1.67. The summed E-state index contributed by atoms with van der Waals surface area (Å²) >= 11 is 1.44. The number of anilines is 1. The Labute approximate surface area is 159 Å². The highest BCUT2D eigenvalue weighted by Gasteiger charge is 2.21. The van der Waals surface area contributed by atoms with Crippen molar-refractivity contribution in [2.24, 2.45) is 0 Å². The van der Waals surface area contributed by atoms with Gasteiger partial charge in [-0.3, -0.25) is 4.79 Å². The number of carboxylic acid groups (broad SMARTS) is 1. The van der Waals surface area contributed by atoms with Gasteiger partial charge in [-0.2, -0.15) is 0 Å². The lowest BCUT2D eigenvalue weighted by Crippen LogP contribution is -2.43. The number of carbonyl (C=O) groups excluding carboxylic acids is 1. The summed E-state index contributed by atoms with van der Waals surface area (Å²) in [4.78, 5) is 28.4. The largest absolute Gasteiger partial charge is 0.465 e. The molecule has 0 aromatic carbocycles. The van der Waals surface area contributed by atoms with E-state index in [1.165, 1.54) is 11.3 Å². The van der Waals surface area contributed by atoms with Crippen molar-refractivity contribution in [3.8, 4) is 0 Å². The van der Waals surface area contributed by atoms with E-state index in [4.69, 9.17) is 9.84 Å². The molecule has 0 radical (unpaired) electrons. The number of hydrogen-bond acceptors (Lipinski definition) is 5. The highest BCUT2D eigenvalue weighted by Crippen LogP contribution is 2.30. The minimum atomic E-state index is -1.20. The van der Waals surface area contributed by atoms with Crippen LogP contribution < -0.4 is 10.6 Å². The van der Waals surface area contributed by atoms with Crippen molar-refractivity contribution in [1.29, 1.82) is 0 Å². The quantitative estimate of drug-likeness (QED) is 0.529. The SMILES string of the molecule is CCCC(NC(=O)O)C(=O)Nc1ncc(C(C)CCCC(C)(C)OC)s1. The number of amides is 2. The van der Waals surface area contributed by atoms with Gasteiger partial charge in [0.15, 0.2) is 5.13 Å². The van der Waals surface area contributed by atoms with E-state index in [1.54, 1.807) is 13.3 Å². The molecule has 0 bridgehead atoms. The van der Waals surface area contributed by atoms with Crippen LogP contribution in [0.2, 0.25) is 0 Å². The second-order valence-electron chi connectivity index (χ2n) is 7.10. The summed E-state index contributed by atoms with van der Waals surface area (Å²) in [6, 6.07) is -0.765. The molecule has 0 fully saturated rings. The van der Waals surface area contributed by atoms with Crippen LogP contribution >= 0.6 is 11.3 Å². The maximum Gasteiger partial charge on any atom is 0.405 e. The highest BCUT2D eigenvalue weighted by molar-refractivity contribution is 7.15. The van der Waals surface area contributed by atoms with E-state index in [1.807, 2.05) is 6.92 Å². The molecule has 8 heteroatoms. The van der Waals surface area contributed by atoms with Crippen LogP contribution in [0.1, 0.15) is 70.6 Å². The average molecular weight is 386 g/mol. The van der Waals surface area contributed by atoms with Crippen molar-refractivity contribution in [2.75, 3.05) is 12.4 Å². The van der Waals surface area contributed by atoms with Crippen molar-refractivity contribution in [2.45, 2.75) is 77.4 Å². The summed E-state index contributed by atoms with van der Waals surface area (Å²) in [5.74, 6) is -0.0287. The van der Waals surface area contributed by atoms with Gasteiger partial charge in [0.25, 0.3) is 0 Å². The predicted molar refractivity (Wildman–Crippen MR) is 104 cm³/mol. The number of carbonyl (C=O) groups is 2. The molecule has 2 unspecified atom stereocenters. The summed E-state index contributed by atoms with van der Waals surface area (Å²) in [6.07, 6.45) is 4.77. The number of methoxy groups -OCH3 is 1. The Morgan fingerprint density at radius 2 is 2.08 bits per heavy atom. The maximum absolute atomic E-state index is 12.2. The van der Waals surface area contributed by atoms with E-state index >= 15 is 0 Å². The van der Waals surface area contributed by atoms with E-state index in [9.17, 15) is 9.59 Å². The summed E-state index contributed by atoms with van der Waals surface area (Å²) < 4.78 is 5.44. The first kappa shape index (κ1) is 22.4. The van der Waals surface area contributed by atoms with Crippen LogP contribution in [0.5, 0.6) is 0 Å². The molecule has 0 aliphatic carbocycles. The third kappa shape index (κ3) is 7.70. The molecule has 1 heterocycles. The summed E-state index contributed by atoms with van der Waals surface area (Å²) in [6.45, 7) is 8.20. The Bertz CT molecular complexity index is 589. The van der Waals surface area contributed by atoms with Crippen LogP contribution in [-0.2, 0) is 9.53 Å². The first-order valence-electron chi connectivity index (χ1n) is 8.99. The zero-order valence-corrected chi connectivity index (χ0v) is 17.1. The second kappa shape index (κ2) is 10.5. The van der Waals surface area contributed by atoms with E-state index < -0.39 is 12.1 Å². The molecular formula is C18H31N3O4S. The minimum Gasteiger partial charge on any atom is -0.465 e. The minimum absolute atomic E-state index is 0.113. The fourth-order valence-electron chi connectivity index (χ4n) is 2.55. The molecule has 1 aromatic heterocycles. The fraction of sp³-hybridized carbons (Fsp3) is 0.722.